The molecule has 0 radical (unpaired) electrons. The molecule has 2 aromatic rings. The number of unbranched alkanes of at least 4 members (excludes halogenated alkanes) is 3. The molecule has 0 fully saturated rings. The maximum absolute atomic E-state index is 10.6. The molecule has 6 heteroatoms. The van der Waals surface area contributed by atoms with Crippen LogP contribution in [0.4, 0.5) is 0 Å². The summed E-state index contributed by atoms with van der Waals surface area (Å²) in [5, 5.41) is 14.3. The molecule has 0 aliphatic rings. The van der Waals surface area contributed by atoms with E-state index in [4.69, 9.17) is 0 Å². The summed E-state index contributed by atoms with van der Waals surface area (Å²) in [4.78, 5) is 10.6. The number of hydrogen-bond donors (Lipinski definition) is 0. The normalized spacial score (nSPS) is 10.4. The number of benzene rings is 1. The van der Waals surface area contributed by atoms with Crippen molar-refractivity contribution >= 4 is 47.5 Å². The van der Waals surface area contributed by atoms with Crippen molar-refractivity contribution in [1.29, 1.82) is 0 Å². The third-order valence-electron chi connectivity index (χ3n) is 4.15. The van der Waals surface area contributed by atoms with Crippen molar-refractivity contribution in [1.82, 2.24) is 9.59 Å². The summed E-state index contributed by atoms with van der Waals surface area (Å²) < 4.78 is 9.25. The van der Waals surface area contributed by atoms with Crippen LogP contribution in [0.2, 0.25) is 13.3 Å². The maximum Gasteiger partial charge on any atom is 0.106 e. The number of rotatable bonds is 10. The fraction of sp³-hybridized carbons (Fsp3) is 0.632. The third kappa shape index (κ3) is 8.49. The largest absolute Gasteiger partial charge is 0.545 e. The van der Waals surface area contributed by atoms with Crippen LogP contribution in [0.3, 0.4) is 0 Å². The molecule has 4 nitrogen and oxygen atoms in total. The molecule has 0 N–H and O–H groups in total. The molecular weight excluding hydrogens is 439 g/mol. The van der Waals surface area contributed by atoms with Gasteiger partial charge in [0.05, 0.1) is 10.7 Å². The van der Waals surface area contributed by atoms with Gasteiger partial charge in [-0.1, -0.05) is 16.6 Å². The molecular formula is C19H30N2O2SSn. The molecule has 0 aliphatic carbocycles. The standard InChI is InChI=1S/C7H4N2O2S.3C4H9.Sn/c10-7(11)4-2-1-3-5-6(4)12-9-8-5;3*1-3-4-2;/h1-3H,(H,10,11);3*1,3-4H2,2H3;/q;;;;+1/p-1. The molecule has 0 spiro atoms. The van der Waals surface area contributed by atoms with E-state index in [1.165, 1.54) is 44.6 Å². The Kier molecular flexibility index (Phi) is 12.1. The summed E-state index contributed by atoms with van der Waals surface area (Å²) in [7, 11) is 0. The monoisotopic (exact) mass is 470 g/mol. The van der Waals surface area contributed by atoms with Gasteiger partial charge < -0.3 is 9.90 Å². The second-order valence-electron chi connectivity index (χ2n) is 6.27. The molecule has 0 atom stereocenters. The molecule has 1 heterocycles. The minimum atomic E-state index is -1.19. The zero-order valence-electron chi connectivity index (χ0n) is 15.7. The Morgan fingerprint density at radius 1 is 1.04 bits per heavy atom. The summed E-state index contributed by atoms with van der Waals surface area (Å²) in [6.45, 7) is 7.00. The molecule has 0 saturated heterocycles. The van der Waals surface area contributed by atoms with E-state index in [-0.39, 0.29) is 5.56 Å². The summed E-state index contributed by atoms with van der Waals surface area (Å²) in [5.41, 5.74) is 0.754. The van der Waals surface area contributed by atoms with Gasteiger partial charge >= 0.3 is 92.4 Å². The van der Waals surface area contributed by atoms with Gasteiger partial charge in [-0.05, 0) is 17.6 Å². The van der Waals surface area contributed by atoms with E-state index in [9.17, 15) is 9.90 Å². The molecule has 0 unspecified atom stereocenters. The topological polar surface area (TPSA) is 65.9 Å². The van der Waals surface area contributed by atoms with Gasteiger partial charge in [0.1, 0.15) is 5.52 Å². The van der Waals surface area contributed by atoms with Crippen LogP contribution in [-0.4, -0.2) is 35.3 Å². The van der Waals surface area contributed by atoms with Crippen LogP contribution in [0.15, 0.2) is 18.2 Å². The van der Waals surface area contributed by atoms with Crippen molar-refractivity contribution in [2.24, 2.45) is 0 Å². The average molecular weight is 469 g/mol. The van der Waals surface area contributed by atoms with Crippen LogP contribution in [-0.2, 0) is 0 Å². The van der Waals surface area contributed by atoms with Gasteiger partial charge in [0.2, 0.25) is 0 Å². The van der Waals surface area contributed by atoms with Gasteiger partial charge in [-0.2, -0.15) is 0 Å². The van der Waals surface area contributed by atoms with Gasteiger partial charge in [0.15, 0.2) is 0 Å². The molecule has 0 aliphatic heterocycles. The molecule has 25 heavy (non-hydrogen) atoms. The van der Waals surface area contributed by atoms with E-state index in [1.54, 1.807) is 25.4 Å². The Labute approximate surface area is 162 Å². The van der Waals surface area contributed by atoms with Gasteiger partial charge in [0, 0.05) is 5.56 Å². The first kappa shape index (κ1) is 22.3. The molecule has 0 amide bonds. The number of carbonyl (C=O) groups excluding carboxylic acids is 1. The molecule has 0 saturated carbocycles. The minimum Gasteiger partial charge on any atom is -0.545 e. The summed E-state index contributed by atoms with van der Waals surface area (Å²) in [6, 6.07) is 4.82. The molecule has 1 aromatic heterocycles. The van der Waals surface area contributed by atoms with Gasteiger partial charge in [-0.3, -0.25) is 0 Å². The average Bonchev–Trinajstić information content (AvgIpc) is 3.10. The van der Waals surface area contributed by atoms with Crippen molar-refractivity contribution in [3.8, 4) is 0 Å². The number of nitrogens with zero attached hydrogens (tertiary/aromatic N) is 2. The van der Waals surface area contributed by atoms with Crippen LogP contribution in [0, 0.1) is 0 Å². The minimum absolute atomic E-state index is 0.155. The van der Waals surface area contributed by atoms with Crippen molar-refractivity contribution < 1.29 is 9.90 Å². The number of aromatic nitrogens is 2. The quantitative estimate of drug-likeness (QED) is 0.463. The van der Waals surface area contributed by atoms with Crippen molar-refractivity contribution in [2.75, 3.05) is 0 Å². The van der Waals surface area contributed by atoms with Crippen molar-refractivity contribution in [3.05, 3.63) is 23.8 Å². The fourth-order valence-electron chi connectivity index (χ4n) is 2.62. The van der Waals surface area contributed by atoms with Crippen LogP contribution in [0.25, 0.3) is 10.2 Å². The molecule has 0 bridgehead atoms. The van der Waals surface area contributed by atoms with E-state index in [2.05, 4.69) is 30.4 Å². The first-order valence-electron chi connectivity index (χ1n) is 9.39. The van der Waals surface area contributed by atoms with E-state index in [0.717, 1.165) is 11.5 Å². The first-order valence-corrected chi connectivity index (χ1v) is 16.2. The van der Waals surface area contributed by atoms with Gasteiger partial charge in [-0.25, -0.2) is 0 Å². The van der Waals surface area contributed by atoms with Crippen LogP contribution in [0.1, 0.15) is 69.7 Å². The molecule has 1 aromatic carbocycles. The van der Waals surface area contributed by atoms with E-state index >= 15 is 0 Å². The van der Waals surface area contributed by atoms with Gasteiger partial charge in [0.25, 0.3) is 0 Å². The van der Waals surface area contributed by atoms with Crippen LogP contribution < -0.4 is 5.11 Å². The van der Waals surface area contributed by atoms with Crippen LogP contribution >= 0.6 is 11.5 Å². The Balaban J connectivity index is 0.000000250. The Morgan fingerprint density at radius 3 is 2.08 bits per heavy atom. The Morgan fingerprint density at radius 2 is 1.60 bits per heavy atom. The summed E-state index contributed by atoms with van der Waals surface area (Å²) >= 11 is 0.221. The Hall–Kier alpha value is -0.691. The Bertz CT molecular complexity index is 599. The number of aromatic carboxylic acids is 1. The van der Waals surface area contributed by atoms with Crippen molar-refractivity contribution in [2.45, 2.75) is 72.6 Å². The van der Waals surface area contributed by atoms with E-state index in [1.807, 2.05) is 0 Å². The second kappa shape index (κ2) is 13.5. The summed E-state index contributed by atoms with van der Waals surface area (Å²) in [5.74, 6) is -1.19. The molecule has 138 valence electrons. The zero-order chi connectivity index (χ0) is 18.5. The number of hydrogen-bond acceptors (Lipinski definition) is 5. The predicted octanol–water partition coefficient (Wildman–Crippen LogP) is 4.94. The smallest absolute Gasteiger partial charge is 0.106 e. The number of carboxylic acids is 1. The van der Waals surface area contributed by atoms with E-state index < -0.39 is 25.7 Å². The van der Waals surface area contributed by atoms with E-state index in [0.29, 0.717) is 10.2 Å². The number of fused-ring (bicyclic) bond motifs is 1. The third-order valence-corrected chi connectivity index (χ3v) is 14.0. The van der Waals surface area contributed by atoms with Crippen LogP contribution in [0.5, 0.6) is 0 Å². The van der Waals surface area contributed by atoms with Gasteiger partial charge in [-0.15, -0.1) is 5.10 Å². The first-order chi connectivity index (χ1) is 12.1. The number of carbonyl (C=O) groups is 1. The maximum atomic E-state index is 10.6. The SMILES string of the molecule is CCC[CH2][Sn+]([CH2]CCC)[CH2]CCC.O=C([O-])c1cccc2nnsc12. The molecule has 2 rings (SSSR count). The second-order valence-corrected chi connectivity index (χ2v) is 15.6. The number of carboxylic acid groups (broad SMARTS) is 1. The zero-order valence-corrected chi connectivity index (χ0v) is 19.4. The fourth-order valence-corrected chi connectivity index (χ4v) is 12.7. The predicted molar refractivity (Wildman–Crippen MR) is 107 cm³/mol. The van der Waals surface area contributed by atoms with Crippen molar-refractivity contribution in [3.63, 3.8) is 0 Å². The summed E-state index contributed by atoms with van der Waals surface area (Å²) in [6.07, 6.45) is 8.85.